The molecule has 0 radical (unpaired) electrons. The van der Waals surface area contributed by atoms with Crippen LogP contribution in [-0.2, 0) is 0 Å². The van der Waals surface area contributed by atoms with Crippen LogP contribution in [-0.4, -0.2) is 60.9 Å². The number of likely N-dealkylation sites (N-methyl/N-ethyl adjacent to an activating group) is 1. The van der Waals surface area contributed by atoms with Gasteiger partial charge in [-0.05, 0) is 19.2 Å². The van der Waals surface area contributed by atoms with Crippen molar-refractivity contribution >= 4 is 34.4 Å². The molecule has 6 heteroatoms. The molecule has 0 unspecified atom stereocenters. The number of amidine groups is 1. The highest BCUT2D eigenvalue weighted by Crippen LogP contribution is 2.39. The van der Waals surface area contributed by atoms with Gasteiger partial charge in [-0.1, -0.05) is 0 Å². The van der Waals surface area contributed by atoms with E-state index < -0.39 is 0 Å². The minimum absolute atomic E-state index is 0.922. The Hall–Kier alpha value is -1.92. The predicted octanol–water partition coefficient (Wildman–Crippen LogP) is 2.55. The van der Waals surface area contributed by atoms with Crippen LogP contribution in [0.1, 0.15) is 5.56 Å². The van der Waals surface area contributed by atoms with Crippen molar-refractivity contribution in [1.82, 2.24) is 14.8 Å². The Morgan fingerprint density at radius 1 is 1.09 bits per heavy atom. The first-order valence-corrected chi connectivity index (χ1v) is 8.46. The maximum Gasteiger partial charge on any atom is 0.158 e. The molecule has 1 saturated heterocycles. The van der Waals surface area contributed by atoms with Crippen LogP contribution in [0.25, 0.3) is 0 Å². The van der Waals surface area contributed by atoms with E-state index in [1.54, 1.807) is 11.3 Å². The Labute approximate surface area is 134 Å². The zero-order valence-electron chi connectivity index (χ0n) is 12.9. The molecule has 0 N–H and O–H groups in total. The van der Waals surface area contributed by atoms with Crippen molar-refractivity contribution in [2.24, 2.45) is 4.99 Å². The smallest absolute Gasteiger partial charge is 0.158 e. The normalized spacial score (nSPS) is 18.5. The third-order valence-electron chi connectivity index (χ3n) is 4.36. The summed E-state index contributed by atoms with van der Waals surface area (Å²) in [6.07, 6.45) is 1.83. The standard InChI is InChI=1S/C16H19N5S/c1-19-6-8-21(9-7-19)15-12-10-22-11-14(12)20(2)16-13(18-15)4-3-5-17-16/h3-5,10-11H,6-9H2,1-2H3. The number of hydrogen-bond donors (Lipinski definition) is 0. The van der Waals surface area contributed by atoms with Crippen LogP contribution in [0.2, 0.25) is 0 Å². The van der Waals surface area contributed by atoms with Crippen LogP contribution in [0.4, 0.5) is 17.2 Å². The number of aliphatic imine (C=N–C) groups is 1. The maximum atomic E-state index is 4.98. The van der Waals surface area contributed by atoms with E-state index in [4.69, 9.17) is 4.99 Å². The lowest BCUT2D eigenvalue weighted by Crippen LogP contribution is -2.47. The maximum absolute atomic E-state index is 4.98. The Kier molecular flexibility index (Phi) is 3.35. The zero-order chi connectivity index (χ0) is 15.1. The Balaban J connectivity index is 1.83. The van der Waals surface area contributed by atoms with Gasteiger partial charge in [-0.2, -0.15) is 0 Å². The fourth-order valence-electron chi connectivity index (χ4n) is 3.00. The number of pyridine rings is 1. The molecular weight excluding hydrogens is 294 g/mol. The average Bonchev–Trinajstić information content (AvgIpc) is 2.99. The Morgan fingerprint density at radius 3 is 2.73 bits per heavy atom. The molecule has 2 aliphatic rings. The van der Waals surface area contributed by atoms with Crippen molar-refractivity contribution in [1.29, 1.82) is 0 Å². The minimum Gasteiger partial charge on any atom is -0.353 e. The predicted molar refractivity (Wildman–Crippen MR) is 91.9 cm³/mol. The van der Waals surface area contributed by atoms with E-state index in [-0.39, 0.29) is 0 Å². The molecular formula is C16H19N5S. The van der Waals surface area contributed by atoms with Gasteiger partial charge in [0.15, 0.2) is 5.82 Å². The molecule has 2 aliphatic heterocycles. The summed E-state index contributed by atoms with van der Waals surface area (Å²) < 4.78 is 0. The molecule has 4 rings (SSSR count). The summed E-state index contributed by atoms with van der Waals surface area (Å²) >= 11 is 1.72. The van der Waals surface area contributed by atoms with E-state index in [1.165, 1.54) is 11.3 Å². The van der Waals surface area contributed by atoms with Gasteiger partial charge in [-0.3, -0.25) is 0 Å². The number of rotatable bonds is 0. The van der Waals surface area contributed by atoms with Crippen LogP contribution >= 0.6 is 11.3 Å². The molecule has 0 saturated carbocycles. The highest BCUT2D eigenvalue weighted by molar-refractivity contribution is 7.08. The summed E-state index contributed by atoms with van der Waals surface area (Å²) in [5.41, 5.74) is 3.36. The summed E-state index contributed by atoms with van der Waals surface area (Å²) in [5.74, 6) is 2.01. The first-order chi connectivity index (χ1) is 10.7. The fourth-order valence-corrected chi connectivity index (χ4v) is 3.84. The summed E-state index contributed by atoms with van der Waals surface area (Å²) in [6.45, 7) is 4.19. The number of anilines is 2. The van der Waals surface area contributed by atoms with E-state index in [1.807, 2.05) is 18.3 Å². The van der Waals surface area contributed by atoms with E-state index in [0.29, 0.717) is 0 Å². The fraction of sp³-hybridized carbons (Fsp3) is 0.375. The second-order valence-corrected chi connectivity index (χ2v) is 6.55. The third kappa shape index (κ3) is 2.19. The summed E-state index contributed by atoms with van der Waals surface area (Å²) in [7, 11) is 4.25. The average molecular weight is 313 g/mol. The molecule has 114 valence electrons. The molecule has 0 aliphatic carbocycles. The number of hydrogen-bond acceptors (Lipinski definition) is 6. The van der Waals surface area contributed by atoms with Gasteiger partial charge in [0.1, 0.15) is 11.5 Å². The van der Waals surface area contributed by atoms with Crippen molar-refractivity contribution in [2.45, 2.75) is 0 Å². The molecule has 0 amide bonds. The Morgan fingerprint density at radius 2 is 1.91 bits per heavy atom. The number of aromatic nitrogens is 1. The molecule has 1 fully saturated rings. The first-order valence-electron chi connectivity index (χ1n) is 7.51. The molecule has 22 heavy (non-hydrogen) atoms. The Bertz CT molecular complexity index is 715. The van der Waals surface area contributed by atoms with Gasteiger partial charge in [0, 0.05) is 50.2 Å². The topological polar surface area (TPSA) is 35.0 Å². The second kappa shape index (κ2) is 5.37. The molecule has 2 aromatic heterocycles. The number of thiophene rings is 1. The quantitative estimate of drug-likeness (QED) is 0.749. The molecule has 4 heterocycles. The van der Waals surface area contributed by atoms with E-state index in [0.717, 1.165) is 43.5 Å². The lowest BCUT2D eigenvalue weighted by Gasteiger charge is -2.34. The van der Waals surface area contributed by atoms with E-state index in [2.05, 4.69) is 44.5 Å². The van der Waals surface area contributed by atoms with Crippen molar-refractivity contribution in [3.63, 3.8) is 0 Å². The van der Waals surface area contributed by atoms with Crippen molar-refractivity contribution in [3.05, 3.63) is 34.7 Å². The van der Waals surface area contributed by atoms with E-state index in [9.17, 15) is 0 Å². The van der Waals surface area contributed by atoms with Crippen LogP contribution in [0.5, 0.6) is 0 Å². The van der Waals surface area contributed by atoms with Gasteiger partial charge >= 0.3 is 0 Å². The largest absolute Gasteiger partial charge is 0.353 e. The first kappa shape index (κ1) is 13.7. The van der Waals surface area contributed by atoms with Crippen LogP contribution < -0.4 is 4.90 Å². The van der Waals surface area contributed by atoms with Crippen molar-refractivity contribution in [3.8, 4) is 0 Å². The molecule has 0 bridgehead atoms. The molecule has 0 atom stereocenters. The van der Waals surface area contributed by atoms with Crippen LogP contribution in [0.3, 0.4) is 0 Å². The number of fused-ring (bicyclic) bond motifs is 2. The van der Waals surface area contributed by atoms with Gasteiger partial charge < -0.3 is 14.7 Å². The van der Waals surface area contributed by atoms with Crippen LogP contribution in [0.15, 0.2) is 34.1 Å². The van der Waals surface area contributed by atoms with Gasteiger partial charge in [0.2, 0.25) is 0 Å². The van der Waals surface area contributed by atoms with Crippen molar-refractivity contribution in [2.75, 3.05) is 45.2 Å². The third-order valence-corrected chi connectivity index (χ3v) is 5.09. The van der Waals surface area contributed by atoms with Crippen molar-refractivity contribution < 1.29 is 0 Å². The number of nitrogens with zero attached hydrogens (tertiary/aromatic N) is 5. The SMILES string of the molecule is CN1CCN(C2=Nc3cccnc3N(C)c3cscc32)CC1. The highest BCUT2D eigenvalue weighted by atomic mass is 32.1. The molecule has 0 spiro atoms. The van der Waals surface area contributed by atoms with Gasteiger partial charge in [0.25, 0.3) is 0 Å². The second-order valence-electron chi connectivity index (χ2n) is 5.80. The van der Waals surface area contributed by atoms with Crippen LogP contribution in [0, 0.1) is 0 Å². The van der Waals surface area contributed by atoms with E-state index >= 15 is 0 Å². The highest BCUT2D eigenvalue weighted by Gasteiger charge is 2.27. The summed E-state index contributed by atoms with van der Waals surface area (Å²) in [6, 6.07) is 4.00. The lowest BCUT2D eigenvalue weighted by molar-refractivity contribution is 0.216. The molecule has 5 nitrogen and oxygen atoms in total. The molecule has 2 aromatic rings. The lowest BCUT2D eigenvalue weighted by atomic mass is 10.2. The summed E-state index contributed by atoms with van der Waals surface area (Å²) in [5, 5.41) is 4.39. The zero-order valence-corrected chi connectivity index (χ0v) is 13.7. The van der Waals surface area contributed by atoms with Gasteiger partial charge in [-0.25, -0.2) is 9.98 Å². The molecule has 0 aromatic carbocycles. The monoisotopic (exact) mass is 313 g/mol. The van der Waals surface area contributed by atoms with Gasteiger partial charge in [-0.15, -0.1) is 11.3 Å². The minimum atomic E-state index is 0.922. The number of piperazine rings is 1. The van der Waals surface area contributed by atoms with Gasteiger partial charge in [0.05, 0.1) is 11.3 Å². The summed E-state index contributed by atoms with van der Waals surface area (Å²) in [4.78, 5) is 16.4.